The van der Waals surface area contributed by atoms with E-state index >= 15 is 0 Å². The third-order valence-electron chi connectivity index (χ3n) is 4.29. The van der Waals surface area contributed by atoms with Crippen LogP contribution in [0.25, 0.3) is 6.08 Å². The first-order valence-corrected chi connectivity index (χ1v) is 9.44. The molecule has 0 atom stereocenters. The van der Waals surface area contributed by atoms with E-state index in [1.807, 2.05) is 0 Å². The van der Waals surface area contributed by atoms with Crippen molar-refractivity contribution < 1.29 is 32.6 Å². The van der Waals surface area contributed by atoms with Crippen molar-refractivity contribution in [1.29, 1.82) is 0 Å². The number of ether oxygens (including phenoxy) is 1. The van der Waals surface area contributed by atoms with Gasteiger partial charge in [0, 0.05) is 6.08 Å². The molecule has 0 spiro atoms. The second-order valence-corrected chi connectivity index (χ2v) is 6.76. The van der Waals surface area contributed by atoms with Crippen molar-refractivity contribution >= 4 is 23.6 Å². The number of benzene rings is 3. The fourth-order valence-electron chi connectivity index (χ4n) is 2.81. The van der Waals surface area contributed by atoms with Gasteiger partial charge in [-0.05, 0) is 53.6 Å². The molecule has 164 valence electrons. The van der Waals surface area contributed by atoms with E-state index in [0.29, 0.717) is 28.3 Å². The molecule has 0 aliphatic carbocycles. The Morgan fingerprint density at radius 3 is 2.38 bits per heavy atom. The van der Waals surface area contributed by atoms with Crippen LogP contribution in [0.1, 0.15) is 16.7 Å². The van der Waals surface area contributed by atoms with Gasteiger partial charge in [0.2, 0.25) is 5.91 Å². The minimum absolute atomic E-state index is 0.148. The van der Waals surface area contributed by atoms with E-state index in [2.05, 4.69) is 5.32 Å². The molecule has 0 aromatic heterocycles. The Morgan fingerprint density at radius 2 is 1.69 bits per heavy atom. The zero-order valence-electron chi connectivity index (χ0n) is 16.6. The Kier molecular flexibility index (Phi) is 6.94. The third kappa shape index (κ3) is 6.46. The Balaban J connectivity index is 1.69. The number of carbonyl (C=O) groups excluding carboxylic acids is 1. The molecular weight excluding hydrogens is 423 g/mol. The van der Waals surface area contributed by atoms with Crippen LogP contribution in [0.2, 0.25) is 0 Å². The lowest BCUT2D eigenvalue weighted by Gasteiger charge is -2.12. The number of alkyl halides is 3. The van der Waals surface area contributed by atoms with E-state index < -0.39 is 23.6 Å². The Labute approximate surface area is 181 Å². The van der Waals surface area contributed by atoms with E-state index in [1.165, 1.54) is 24.3 Å². The Bertz CT molecular complexity index is 1140. The maximum Gasteiger partial charge on any atom is 0.416 e. The van der Waals surface area contributed by atoms with Crippen LogP contribution in [0.4, 0.5) is 18.9 Å². The number of aliphatic carboxylic acids is 1. The minimum atomic E-state index is -4.42. The van der Waals surface area contributed by atoms with Crippen molar-refractivity contribution in [2.24, 2.45) is 0 Å². The summed E-state index contributed by atoms with van der Waals surface area (Å²) in [5, 5.41) is 11.6. The second-order valence-electron chi connectivity index (χ2n) is 6.76. The molecule has 8 heteroatoms. The van der Waals surface area contributed by atoms with Crippen molar-refractivity contribution in [3.05, 3.63) is 95.6 Å². The number of halogens is 3. The van der Waals surface area contributed by atoms with Crippen LogP contribution in [-0.4, -0.2) is 17.0 Å². The molecule has 2 N–H and O–H groups in total. The highest BCUT2D eigenvalue weighted by atomic mass is 19.4. The molecule has 0 heterocycles. The van der Waals surface area contributed by atoms with Crippen LogP contribution in [0.5, 0.6) is 11.5 Å². The predicted molar refractivity (Wildman–Crippen MR) is 113 cm³/mol. The molecule has 0 bridgehead atoms. The maximum absolute atomic E-state index is 12.6. The molecular formula is C24H18F3NO4. The van der Waals surface area contributed by atoms with Crippen LogP contribution in [0, 0.1) is 0 Å². The lowest BCUT2D eigenvalue weighted by Crippen LogP contribution is -2.08. The third-order valence-corrected chi connectivity index (χ3v) is 4.29. The van der Waals surface area contributed by atoms with E-state index in [-0.39, 0.29) is 6.42 Å². The van der Waals surface area contributed by atoms with Gasteiger partial charge in [0.1, 0.15) is 5.75 Å². The second kappa shape index (κ2) is 9.82. The van der Waals surface area contributed by atoms with Gasteiger partial charge in [-0.3, -0.25) is 9.59 Å². The fraction of sp³-hybridized carbons (Fsp3) is 0.0833. The molecule has 0 saturated heterocycles. The van der Waals surface area contributed by atoms with Crippen molar-refractivity contribution in [2.45, 2.75) is 12.6 Å². The van der Waals surface area contributed by atoms with Gasteiger partial charge < -0.3 is 15.2 Å². The number of carbonyl (C=O) groups is 2. The van der Waals surface area contributed by atoms with Gasteiger partial charge in [0.05, 0.1) is 17.7 Å². The highest BCUT2D eigenvalue weighted by molar-refractivity contribution is 6.02. The molecule has 0 saturated carbocycles. The zero-order chi connectivity index (χ0) is 23.1. The molecule has 5 nitrogen and oxygen atoms in total. The number of nitrogens with one attached hydrogen (secondary N) is 1. The van der Waals surface area contributed by atoms with Crippen molar-refractivity contribution in [1.82, 2.24) is 0 Å². The molecule has 0 aliphatic rings. The SMILES string of the molecule is O=C(O)Cc1cccc(Oc2ccccc2NC(=O)C=Cc2ccc(C(F)(F)F)cc2)c1. The molecule has 1 amide bonds. The van der Waals surface area contributed by atoms with E-state index in [9.17, 15) is 22.8 Å². The smallest absolute Gasteiger partial charge is 0.416 e. The topological polar surface area (TPSA) is 75.6 Å². The summed E-state index contributed by atoms with van der Waals surface area (Å²) in [5.41, 5.74) is 0.611. The average Bonchev–Trinajstić information content (AvgIpc) is 2.73. The summed E-state index contributed by atoms with van der Waals surface area (Å²) in [6.45, 7) is 0. The summed E-state index contributed by atoms with van der Waals surface area (Å²) < 4.78 is 43.7. The minimum Gasteiger partial charge on any atom is -0.481 e. The molecule has 3 rings (SSSR count). The van der Waals surface area contributed by atoms with Gasteiger partial charge in [-0.1, -0.05) is 36.4 Å². The molecule has 32 heavy (non-hydrogen) atoms. The number of carboxylic acids is 1. The van der Waals surface area contributed by atoms with Gasteiger partial charge in [-0.15, -0.1) is 0 Å². The normalized spacial score (nSPS) is 11.3. The summed E-state index contributed by atoms with van der Waals surface area (Å²) in [4.78, 5) is 23.2. The van der Waals surface area contributed by atoms with Crippen LogP contribution in [0.15, 0.2) is 78.9 Å². The largest absolute Gasteiger partial charge is 0.481 e. The van der Waals surface area contributed by atoms with E-state index in [4.69, 9.17) is 9.84 Å². The first-order chi connectivity index (χ1) is 15.2. The van der Waals surface area contributed by atoms with Gasteiger partial charge in [0.15, 0.2) is 5.75 Å². The average molecular weight is 441 g/mol. The van der Waals surface area contributed by atoms with Crippen LogP contribution in [0.3, 0.4) is 0 Å². The highest BCUT2D eigenvalue weighted by Crippen LogP contribution is 2.30. The summed E-state index contributed by atoms with van der Waals surface area (Å²) in [6.07, 6.45) is -1.97. The van der Waals surface area contributed by atoms with Crippen LogP contribution in [-0.2, 0) is 22.2 Å². The number of rotatable bonds is 7. The number of hydrogen-bond acceptors (Lipinski definition) is 3. The number of para-hydroxylation sites is 2. The number of carboxylic acid groups (broad SMARTS) is 1. The quantitative estimate of drug-likeness (QED) is 0.456. The van der Waals surface area contributed by atoms with Gasteiger partial charge in [-0.2, -0.15) is 13.2 Å². The zero-order valence-corrected chi connectivity index (χ0v) is 16.6. The summed E-state index contributed by atoms with van der Waals surface area (Å²) in [6, 6.07) is 17.7. The van der Waals surface area contributed by atoms with E-state index in [0.717, 1.165) is 12.1 Å². The maximum atomic E-state index is 12.6. The molecule has 0 unspecified atom stereocenters. The Hall–Kier alpha value is -4.07. The fourth-order valence-corrected chi connectivity index (χ4v) is 2.81. The first-order valence-electron chi connectivity index (χ1n) is 9.44. The van der Waals surface area contributed by atoms with E-state index in [1.54, 1.807) is 48.5 Å². The molecule has 0 radical (unpaired) electrons. The number of anilines is 1. The van der Waals surface area contributed by atoms with Gasteiger partial charge in [0.25, 0.3) is 0 Å². The summed E-state index contributed by atoms with van der Waals surface area (Å²) >= 11 is 0. The Morgan fingerprint density at radius 1 is 0.969 bits per heavy atom. The van der Waals surface area contributed by atoms with Crippen molar-refractivity contribution in [3.63, 3.8) is 0 Å². The van der Waals surface area contributed by atoms with Gasteiger partial charge in [-0.25, -0.2) is 0 Å². The molecule has 0 aliphatic heterocycles. The number of hydrogen-bond donors (Lipinski definition) is 2. The predicted octanol–water partition coefficient (Wildman–Crippen LogP) is 5.78. The van der Waals surface area contributed by atoms with Crippen molar-refractivity contribution in [2.75, 3.05) is 5.32 Å². The van der Waals surface area contributed by atoms with Gasteiger partial charge >= 0.3 is 12.1 Å². The van der Waals surface area contributed by atoms with Crippen LogP contribution >= 0.6 is 0 Å². The lowest BCUT2D eigenvalue weighted by atomic mass is 10.1. The molecule has 3 aromatic carbocycles. The first kappa shape index (κ1) is 22.6. The lowest BCUT2D eigenvalue weighted by molar-refractivity contribution is -0.138. The monoisotopic (exact) mass is 441 g/mol. The highest BCUT2D eigenvalue weighted by Gasteiger charge is 2.29. The number of amides is 1. The molecule has 0 fully saturated rings. The summed E-state index contributed by atoms with van der Waals surface area (Å²) in [5.74, 6) is -0.711. The summed E-state index contributed by atoms with van der Waals surface area (Å²) in [7, 11) is 0. The van der Waals surface area contributed by atoms with Crippen LogP contribution < -0.4 is 10.1 Å². The standard InChI is InChI=1S/C24H18F3NO4/c25-24(26,27)18-11-8-16(9-12-18)10-13-22(29)28-20-6-1-2-7-21(20)32-19-5-3-4-17(14-19)15-23(30)31/h1-14H,15H2,(H,28,29)(H,30,31). The molecule has 3 aromatic rings. The van der Waals surface area contributed by atoms with Crippen molar-refractivity contribution in [3.8, 4) is 11.5 Å².